The molecule has 0 aromatic carbocycles. The van der Waals surface area contributed by atoms with Crippen LogP contribution in [0.4, 0.5) is 0 Å². The summed E-state index contributed by atoms with van der Waals surface area (Å²) in [6.45, 7) is 2.04. The number of hydrogen-bond donors (Lipinski definition) is 1. The van der Waals surface area contributed by atoms with Gasteiger partial charge in [0.05, 0.1) is 8.45 Å². The number of amides is 1. The quantitative estimate of drug-likeness (QED) is 0.808. The van der Waals surface area contributed by atoms with Gasteiger partial charge in [0.2, 0.25) is 0 Å². The van der Waals surface area contributed by atoms with Gasteiger partial charge in [-0.1, -0.05) is 6.07 Å². The third-order valence-corrected chi connectivity index (χ3v) is 4.98. The highest BCUT2D eigenvalue weighted by atomic mass is 127. The lowest BCUT2D eigenvalue weighted by molar-refractivity contribution is 0.0940. The zero-order chi connectivity index (χ0) is 12.3. The Morgan fingerprint density at radius 2 is 2.35 bits per heavy atom. The first-order chi connectivity index (χ1) is 8.15. The fraction of sp³-hybridized carbons (Fsp3) is 0.250. The van der Waals surface area contributed by atoms with Crippen molar-refractivity contribution in [3.8, 4) is 0 Å². The van der Waals surface area contributed by atoms with Gasteiger partial charge < -0.3 is 5.32 Å². The van der Waals surface area contributed by atoms with Crippen LogP contribution in [0, 0.1) is 2.88 Å². The molecular weight excluding hydrogens is 365 g/mol. The van der Waals surface area contributed by atoms with E-state index in [-0.39, 0.29) is 11.9 Å². The molecule has 2 aromatic heterocycles. The molecule has 1 atom stereocenters. The van der Waals surface area contributed by atoms with Gasteiger partial charge in [0, 0.05) is 22.7 Å². The van der Waals surface area contributed by atoms with E-state index in [1.807, 2.05) is 24.4 Å². The second-order valence-corrected chi connectivity index (χ2v) is 7.64. The summed E-state index contributed by atoms with van der Waals surface area (Å²) in [4.78, 5) is 13.2. The molecule has 2 nitrogen and oxygen atoms in total. The molecular formula is C12H12INOS2. The number of carbonyl (C=O) groups is 1. The van der Waals surface area contributed by atoms with Crippen molar-refractivity contribution in [3.63, 3.8) is 0 Å². The molecule has 0 saturated carbocycles. The summed E-state index contributed by atoms with van der Waals surface area (Å²) in [5.41, 5.74) is 0.762. The molecule has 0 spiro atoms. The molecule has 0 bridgehead atoms. The highest BCUT2D eigenvalue weighted by Gasteiger charge is 2.11. The van der Waals surface area contributed by atoms with Crippen LogP contribution in [0.15, 0.2) is 29.0 Å². The molecule has 1 N–H and O–H groups in total. The smallest absolute Gasteiger partial charge is 0.252 e. The van der Waals surface area contributed by atoms with Crippen molar-refractivity contribution in [3.05, 3.63) is 42.3 Å². The first kappa shape index (κ1) is 13.0. The van der Waals surface area contributed by atoms with Gasteiger partial charge in [-0.3, -0.25) is 4.79 Å². The SMILES string of the molecule is CC(Cc1cccs1)NC(=O)c1csc(I)c1. The molecule has 2 heterocycles. The normalized spacial score (nSPS) is 12.4. The lowest BCUT2D eigenvalue weighted by Crippen LogP contribution is -2.33. The summed E-state index contributed by atoms with van der Waals surface area (Å²) >= 11 is 5.55. The van der Waals surface area contributed by atoms with Crippen molar-refractivity contribution in [1.29, 1.82) is 0 Å². The van der Waals surface area contributed by atoms with E-state index in [1.165, 1.54) is 4.88 Å². The molecule has 5 heteroatoms. The van der Waals surface area contributed by atoms with Crippen LogP contribution in [-0.4, -0.2) is 11.9 Å². The van der Waals surface area contributed by atoms with Gasteiger partial charge in [-0.05, 0) is 47.0 Å². The molecule has 17 heavy (non-hydrogen) atoms. The predicted molar refractivity (Wildman–Crippen MR) is 82.0 cm³/mol. The fourth-order valence-electron chi connectivity index (χ4n) is 1.52. The first-order valence-corrected chi connectivity index (χ1v) is 8.06. The molecule has 0 fully saturated rings. The van der Waals surface area contributed by atoms with Gasteiger partial charge in [0.1, 0.15) is 0 Å². The Kier molecular flexibility index (Phi) is 4.58. The Hall–Kier alpha value is -0.400. The molecule has 0 aliphatic heterocycles. The van der Waals surface area contributed by atoms with Crippen LogP contribution in [-0.2, 0) is 6.42 Å². The van der Waals surface area contributed by atoms with Crippen molar-refractivity contribution >= 4 is 51.2 Å². The second-order valence-electron chi connectivity index (χ2n) is 3.80. The molecule has 0 radical (unpaired) electrons. The van der Waals surface area contributed by atoms with Crippen LogP contribution in [0.2, 0.25) is 0 Å². The third kappa shape index (κ3) is 3.79. The van der Waals surface area contributed by atoms with Gasteiger partial charge in [-0.25, -0.2) is 0 Å². The molecule has 0 aliphatic carbocycles. The molecule has 0 aliphatic rings. The molecule has 1 unspecified atom stereocenters. The maximum absolute atomic E-state index is 11.9. The number of nitrogens with one attached hydrogen (secondary N) is 1. The number of thiophene rings is 2. The maximum atomic E-state index is 11.9. The highest BCUT2D eigenvalue weighted by molar-refractivity contribution is 14.1. The molecule has 90 valence electrons. The van der Waals surface area contributed by atoms with E-state index in [9.17, 15) is 4.79 Å². The molecule has 2 rings (SSSR count). The van der Waals surface area contributed by atoms with Crippen LogP contribution < -0.4 is 5.32 Å². The van der Waals surface area contributed by atoms with Crippen molar-refractivity contribution < 1.29 is 4.79 Å². The fourth-order valence-corrected chi connectivity index (χ4v) is 3.68. The minimum Gasteiger partial charge on any atom is -0.349 e. The minimum absolute atomic E-state index is 0.0215. The number of hydrogen-bond acceptors (Lipinski definition) is 3. The van der Waals surface area contributed by atoms with E-state index in [2.05, 4.69) is 39.4 Å². The van der Waals surface area contributed by atoms with E-state index >= 15 is 0 Å². The van der Waals surface area contributed by atoms with Crippen molar-refractivity contribution in [2.75, 3.05) is 0 Å². The van der Waals surface area contributed by atoms with E-state index < -0.39 is 0 Å². The molecule has 0 saturated heterocycles. The average Bonchev–Trinajstić information content (AvgIpc) is 2.89. The first-order valence-electron chi connectivity index (χ1n) is 5.22. The highest BCUT2D eigenvalue weighted by Crippen LogP contribution is 2.17. The molecule has 1 amide bonds. The number of carbonyl (C=O) groups excluding carboxylic acids is 1. The van der Waals surface area contributed by atoms with Crippen LogP contribution in [0.1, 0.15) is 22.2 Å². The van der Waals surface area contributed by atoms with Crippen LogP contribution in [0.25, 0.3) is 0 Å². The predicted octanol–water partition coefficient (Wildman–Crippen LogP) is 3.78. The van der Waals surface area contributed by atoms with Gasteiger partial charge in [-0.2, -0.15) is 0 Å². The van der Waals surface area contributed by atoms with Crippen molar-refractivity contribution in [2.24, 2.45) is 0 Å². The van der Waals surface area contributed by atoms with Crippen molar-refractivity contribution in [2.45, 2.75) is 19.4 Å². The van der Waals surface area contributed by atoms with Gasteiger partial charge in [-0.15, -0.1) is 22.7 Å². The van der Waals surface area contributed by atoms with Gasteiger partial charge >= 0.3 is 0 Å². The van der Waals surface area contributed by atoms with Crippen LogP contribution in [0.3, 0.4) is 0 Å². The zero-order valence-corrected chi connectivity index (χ0v) is 13.1. The van der Waals surface area contributed by atoms with E-state index in [0.29, 0.717) is 0 Å². The number of rotatable bonds is 4. The zero-order valence-electron chi connectivity index (χ0n) is 9.27. The van der Waals surface area contributed by atoms with Crippen LogP contribution >= 0.6 is 45.3 Å². The Morgan fingerprint density at radius 1 is 1.53 bits per heavy atom. The summed E-state index contributed by atoms with van der Waals surface area (Å²) in [6.07, 6.45) is 0.893. The lowest BCUT2D eigenvalue weighted by atomic mass is 10.2. The Morgan fingerprint density at radius 3 is 2.94 bits per heavy atom. The lowest BCUT2D eigenvalue weighted by Gasteiger charge is -2.12. The molecule has 2 aromatic rings. The topological polar surface area (TPSA) is 29.1 Å². The van der Waals surface area contributed by atoms with Gasteiger partial charge in [0.25, 0.3) is 5.91 Å². The van der Waals surface area contributed by atoms with E-state index in [4.69, 9.17) is 0 Å². The second kappa shape index (κ2) is 5.97. The van der Waals surface area contributed by atoms with E-state index in [0.717, 1.165) is 14.9 Å². The summed E-state index contributed by atoms with van der Waals surface area (Å²) < 4.78 is 1.14. The Balaban J connectivity index is 1.90. The Bertz CT molecular complexity index is 492. The summed E-state index contributed by atoms with van der Waals surface area (Å²) in [5.74, 6) is 0.0215. The van der Waals surface area contributed by atoms with E-state index in [1.54, 1.807) is 22.7 Å². The average molecular weight is 377 g/mol. The summed E-state index contributed by atoms with van der Waals surface area (Å²) in [5, 5.41) is 6.98. The summed E-state index contributed by atoms with van der Waals surface area (Å²) in [6, 6.07) is 6.22. The standard InChI is InChI=1S/C12H12INOS2/c1-8(5-10-3-2-4-16-10)14-12(15)9-6-11(13)17-7-9/h2-4,6-8H,5H2,1H3,(H,14,15). The minimum atomic E-state index is 0.0215. The van der Waals surface area contributed by atoms with Crippen LogP contribution in [0.5, 0.6) is 0 Å². The third-order valence-electron chi connectivity index (χ3n) is 2.29. The number of halogens is 1. The monoisotopic (exact) mass is 377 g/mol. The Labute approximate surface area is 122 Å². The van der Waals surface area contributed by atoms with Crippen molar-refractivity contribution in [1.82, 2.24) is 5.32 Å². The largest absolute Gasteiger partial charge is 0.349 e. The van der Waals surface area contributed by atoms with Gasteiger partial charge in [0.15, 0.2) is 0 Å². The maximum Gasteiger partial charge on any atom is 0.252 e. The summed E-state index contributed by atoms with van der Waals surface area (Å²) in [7, 11) is 0.